The van der Waals surface area contributed by atoms with Gasteiger partial charge in [-0.15, -0.1) is 0 Å². The molecule has 2 unspecified atom stereocenters. The number of primary amides is 1. The highest BCUT2D eigenvalue weighted by Crippen LogP contribution is 2.29. The predicted octanol–water partition coefficient (Wildman–Crippen LogP) is -0.327. The third-order valence-corrected chi connectivity index (χ3v) is 2.73. The van der Waals surface area contributed by atoms with E-state index < -0.39 is 6.04 Å². The molecule has 0 saturated heterocycles. The van der Waals surface area contributed by atoms with Crippen LogP contribution in [0.5, 0.6) is 0 Å². The van der Waals surface area contributed by atoms with Crippen molar-refractivity contribution in [3.05, 3.63) is 6.33 Å². The first-order chi connectivity index (χ1) is 7.59. The molecular weight excluding hydrogens is 210 g/mol. The van der Waals surface area contributed by atoms with Crippen LogP contribution < -0.4 is 11.1 Å². The van der Waals surface area contributed by atoms with E-state index in [-0.39, 0.29) is 24.2 Å². The Morgan fingerprint density at radius 2 is 2.50 bits per heavy atom. The Hall–Kier alpha value is -1.92. The van der Waals surface area contributed by atoms with Crippen molar-refractivity contribution in [1.82, 2.24) is 14.8 Å². The zero-order valence-electron chi connectivity index (χ0n) is 8.88. The summed E-state index contributed by atoms with van der Waals surface area (Å²) >= 11 is 0. The number of nitrogens with two attached hydrogens (primary N) is 1. The van der Waals surface area contributed by atoms with E-state index in [9.17, 15) is 9.59 Å². The Morgan fingerprint density at radius 1 is 1.75 bits per heavy atom. The van der Waals surface area contributed by atoms with Crippen LogP contribution in [-0.4, -0.2) is 26.6 Å². The molecule has 1 aromatic heterocycles. The number of anilines is 1. The van der Waals surface area contributed by atoms with Gasteiger partial charge in [-0.25, -0.2) is 4.68 Å². The lowest BCUT2D eigenvalue weighted by molar-refractivity contribution is -0.121. The summed E-state index contributed by atoms with van der Waals surface area (Å²) in [6, 6.07) is -0.392. The average Bonchev–Trinajstić information content (AvgIpc) is 2.73. The first kappa shape index (κ1) is 10.6. The Bertz CT molecular complexity index is 427. The molecular formula is C9H13N5O2. The van der Waals surface area contributed by atoms with Gasteiger partial charge in [0.15, 0.2) is 0 Å². The number of aromatic nitrogens is 3. The minimum absolute atomic E-state index is 0.00421. The Kier molecular flexibility index (Phi) is 2.59. The number of carbonyl (C=O) groups excluding carboxylic acids is 2. The molecule has 2 atom stereocenters. The van der Waals surface area contributed by atoms with Crippen LogP contribution in [-0.2, 0) is 9.59 Å². The number of hydrogen-bond donors (Lipinski definition) is 2. The largest absolute Gasteiger partial charge is 0.370 e. The van der Waals surface area contributed by atoms with Crippen molar-refractivity contribution in [3.8, 4) is 0 Å². The first-order valence-electron chi connectivity index (χ1n) is 5.08. The van der Waals surface area contributed by atoms with Crippen molar-refractivity contribution in [2.75, 3.05) is 5.32 Å². The van der Waals surface area contributed by atoms with E-state index in [1.807, 2.05) is 6.92 Å². The fraction of sp³-hybridized carbons (Fsp3) is 0.556. The molecule has 86 valence electrons. The molecule has 0 spiro atoms. The maximum Gasteiger partial charge on any atom is 0.252 e. The monoisotopic (exact) mass is 223 g/mol. The summed E-state index contributed by atoms with van der Waals surface area (Å²) in [5.74, 6) is -0.0342. The smallest absolute Gasteiger partial charge is 0.252 e. The zero-order valence-corrected chi connectivity index (χ0v) is 8.88. The summed E-state index contributed by atoms with van der Waals surface area (Å²) in [4.78, 5) is 26.2. The lowest BCUT2D eigenvalue weighted by Crippen LogP contribution is -2.24. The number of nitrogens with zero attached hydrogens (tertiary/aromatic N) is 3. The van der Waals surface area contributed by atoms with Gasteiger partial charge in [-0.2, -0.15) is 10.1 Å². The number of nitrogens with one attached hydrogen (secondary N) is 1. The molecule has 16 heavy (non-hydrogen) atoms. The van der Waals surface area contributed by atoms with Crippen LogP contribution in [0, 0.1) is 5.92 Å². The van der Waals surface area contributed by atoms with Gasteiger partial charge in [-0.1, -0.05) is 6.92 Å². The van der Waals surface area contributed by atoms with Gasteiger partial charge in [0.1, 0.15) is 12.4 Å². The van der Waals surface area contributed by atoms with Crippen molar-refractivity contribution in [2.45, 2.75) is 25.8 Å². The molecule has 7 heteroatoms. The van der Waals surface area contributed by atoms with Gasteiger partial charge < -0.3 is 5.73 Å². The van der Waals surface area contributed by atoms with Crippen LogP contribution in [0.25, 0.3) is 0 Å². The summed E-state index contributed by atoms with van der Waals surface area (Å²) < 4.78 is 1.55. The maximum absolute atomic E-state index is 11.7. The highest BCUT2D eigenvalue weighted by atomic mass is 16.2. The van der Waals surface area contributed by atoms with Crippen LogP contribution in [0.15, 0.2) is 6.33 Å². The van der Waals surface area contributed by atoms with Crippen molar-refractivity contribution in [2.24, 2.45) is 11.7 Å². The Morgan fingerprint density at radius 3 is 3.19 bits per heavy atom. The molecule has 7 nitrogen and oxygen atoms in total. The number of rotatable bonds is 4. The van der Waals surface area contributed by atoms with E-state index in [2.05, 4.69) is 15.4 Å². The Labute approximate surface area is 92.0 Å². The summed E-state index contributed by atoms with van der Waals surface area (Å²) in [6.45, 7) is 1.89. The quantitative estimate of drug-likeness (QED) is 0.729. The Balaban J connectivity index is 2.09. The maximum atomic E-state index is 11.7. The minimum Gasteiger partial charge on any atom is -0.370 e. The second-order valence-corrected chi connectivity index (χ2v) is 3.94. The van der Waals surface area contributed by atoms with Gasteiger partial charge in [0, 0.05) is 6.42 Å². The van der Waals surface area contributed by atoms with Gasteiger partial charge in [0.25, 0.3) is 5.91 Å². The molecule has 1 aliphatic heterocycles. The molecule has 1 aliphatic rings. The molecule has 1 aromatic rings. The van der Waals surface area contributed by atoms with Gasteiger partial charge in [0.05, 0.1) is 0 Å². The molecule has 0 radical (unpaired) electrons. The highest BCUT2D eigenvalue weighted by Gasteiger charge is 2.35. The highest BCUT2D eigenvalue weighted by molar-refractivity contribution is 5.96. The van der Waals surface area contributed by atoms with Crippen LogP contribution in [0.2, 0.25) is 0 Å². The molecule has 0 fully saturated rings. The standard InChI is InChI=1S/C9H13N5O2/c1-5(2-3-6(10)15)7-8(16)13-9-11-4-12-14(7)9/h4-5,7H,2-3H2,1H3,(H2,10,15)(H,11,12,13,16). The molecule has 3 N–H and O–H groups in total. The summed E-state index contributed by atoms with van der Waals surface area (Å²) in [5.41, 5.74) is 5.07. The van der Waals surface area contributed by atoms with E-state index in [4.69, 9.17) is 5.73 Å². The van der Waals surface area contributed by atoms with Gasteiger partial charge in [-0.3, -0.25) is 14.9 Å². The van der Waals surface area contributed by atoms with Crippen molar-refractivity contribution in [3.63, 3.8) is 0 Å². The SMILES string of the molecule is CC(CCC(N)=O)C1C(=O)Nc2ncnn21. The topological polar surface area (TPSA) is 103 Å². The number of fused-ring (bicyclic) bond motifs is 1. The summed E-state index contributed by atoms with van der Waals surface area (Å²) in [6.07, 6.45) is 2.23. The second kappa shape index (κ2) is 3.92. The van der Waals surface area contributed by atoms with E-state index in [0.29, 0.717) is 12.4 Å². The van der Waals surface area contributed by atoms with Crippen LogP contribution in [0.4, 0.5) is 5.95 Å². The molecule has 0 bridgehead atoms. The van der Waals surface area contributed by atoms with Gasteiger partial charge in [-0.05, 0) is 12.3 Å². The van der Waals surface area contributed by atoms with Crippen LogP contribution >= 0.6 is 0 Å². The average molecular weight is 223 g/mol. The van der Waals surface area contributed by atoms with Crippen molar-refractivity contribution >= 4 is 17.8 Å². The molecule has 0 aliphatic carbocycles. The summed E-state index contributed by atoms with van der Waals surface area (Å²) in [5, 5.41) is 6.61. The third kappa shape index (κ3) is 1.75. The summed E-state index contributed by atoms with van der Waals surface area (Å²) in [7, 11) is 0. The zero-order chi connectivity index (χ0) is 11.7. The predicted molar refractivity (Wildman–Crippen MR) is 55.3 cm³/mol. The van der Waals surface area contributed by atoms with E-state index in [1.54, 1.807) is 4.68 Å². The lowest BCUT2D eigenvalue weighted by atomic mass is 9.96. The number of carbonyl (C=O) groups is 2. The second-order valence-electron chi connectivity index (χ2n) is 3.94. The fourth-order valence-electron chi connectivity index (χ4n) is 1.87. The normalized spacial score (nSPS) is 20.3. The molecule has 0 aromatic carbocycles. The molecule has 0 saturated carbocycles. The molecule has 2 heterocycles. The fourth-order valence-corrected chi connectivity index (χ4v) is 1.87. The number of amides is 2. The third-order valence-electron chi connectivity index (χ3n) is 2.73. The molecule has 2 rings (SSSR count). The molecule has 2 amide bonds. The van der Waals surface area contributed by atoms with Crippen LogP contribution in [0.3, 0.4) is 0 Å². The minimum atomic E-state index is -0.392. The van der Waals surface area contributed by atoms with E-state index in [0.717, 1.165) is 0 Å². The van der Waals surface area contributed by atoms with E-state index in [1.165, 1.54) is 6.33 Å². The number of hydrogen-bond acceptors (Lipinski definition) is 4. The lowest BCUT2D eigenvalue weighted by Gasteiger charge is -2.16. The van der Waals surface area contributed by atoms with E-state index >= 15 is 0 Å². The van der Waals surface area contributed by atoms with Gasteiger partial charge in [0.2, 0.25) is 11.9 Å². The van der Waals surface area contributed by atoms with Crippen molar-refractivity contribution < 1.29 is 9.59 Å². The van der Waals surface area contributed by atoms with Gasteiger partial charge >= 0.3 is 0 Å². The van der Waals surface area contributed by atoms with Crippen molar-refractivity contribution in [1.29, 1.82) is 0 Å². The first-order valence-corrected chi connectivity index (χ1v) is 5.08. The van der Waals surface area contributed by atoms with Crippen LogP contribution in [0.1, 0.15) is 25.8 Å².